The van der Waals surface area contributed by atoms with Gasteiger partial charge in [-0.3, -0.25) is 9.59 Å². The van der Waals surface area contributed by atoms with Crippen LogP contribution < -0.4 is 10.1 Å². The van der Waals surface area contributed by atoms with Gasteiger partial charge >= 0.3 is 0 Å². The first-order valence-electron chi connectivity index (χ1n) is 6.97. The maximum atomic E-state index is 12.4. The zero-order chi connectivity index (χ0) is 15.2. The lowest BCUT2D eigenvalue weighted by atomic mass is 9.82. The Morgan fingerprint density at radius 1 is 1.43 bits per heavy atom. The van der Waals surface area contributed by atoms with Crippen LogP contribution in [0.15, 0.2) is 18.2 Å². The molecule has 0 aliphatic carbocycles. The highest BCUT2D eigenvalue weighted by atomic mass is 16.5. The van der Waals surface area contributed by atoms with Gasteiger partial charge < -0.3 is 20.1 Å². The number of benzene rings is 1. The van der Waals surface area contributed by atoms with E-state index in [1.54, 1.807) is 23.1 Å². The SMILES string of the molecule is CC(C)C1(O)CN(C(=O)c2ccc3c(c2)OCC(=O)N3)C1. The quantitative estimate of drug-likeness (QED) is 0.847. The summed E-state index contributed by atoms with van der Waals surface area (Å²) >= 11 is 0. The topological polar surface area (TPSA) is 78.9 Å². The van der Waals surface area contributed by atoms with Gasteiger partial charge in [0.15, 0.2) is 6.61 Å². The van der Waals surface area contributed by atoms with Gasteiger partial charge in [0.2, 0.25) is 0 Å². The molecule has 0 aromatic heterocycles. The van der Waals surface area contributed by atoms with Crippen LogP contribution in [0, 0.1) is 5.92 Å². The molecule has 1 saturated heterocycles. The van der Waals surface area contributed by atoms with Gasteiger partial charge in [0, 0.05) is 5.56 Å². The molecule has 6 heteroatoms. The zero-order valence-corrected chi connectivity index (χ0v) is 12.0. The van der Waals surface area contributed by atoms with Crippen molar-refractivity contribution >= 4 is 17.5 Å². The molecule has 2 heterocycles. The van der Waals surface area contributed by atoms with Crippen LogP contribution in [0.5, 0.6) is 5.75 Å². The fraction of sp³-hybridized carbons (Fsp3) is 0.467. The summed E-state index contributed by atoms with van der Waals surface area (Å²) in [7, 11) is 0. The second-order valence-electron chi connectivity index (χ2n) is 5.97. The molecule has 0 radical (unpaired) electrons. The van der Waals surface area contributed by atoms with Crippen molar-refractivity contribution in [2.75, 3.05) is 25.0 Å². The molecule has 112 valence electrons. The molecule has 1 aromatic carbocycles. The minimum Gasteiger partial charge on any atom is -0.482 e. The number of anilines is 1. The molecule has 1 fully saturated rings. The molecule has 2 aliphatic heterocycles. The monoisotopic (exact) mass is 290 g/mol. The molecule has 21 heavy (non-hydrogen) atoms. The van der Waals surface area contributed by atoms with E-state index >= 15 is 0 Å². The van der Waals surface area contributed by atoms with Gasteiger partial charge in [-0.05, 0) is 24.1 Å². The summed E-state index contributed by atoms with van der Waals surface area (Å²) in [5.41, 5.74) is 0.287. The molecule has 2 amide bonds. The van der Waals surface area contributed by atoms with Gasteiger partial charge in [-0.25, -0.2) is 0 Å². The Balaban J connectivity index is 1.74. The molecule has 2 aliphatic rings. The smallest absolute Gasteiger partial charge is 0.262 e. The lowest BCUT2D eigenvalue weighted by Gasteiger charge is -2.49. The number of β-amino-alcohol motifs (C(OH)–C–C–N with tert-alkyl or cyclic N) is 1. The minimum atomic E-state index is -0.783. The van der Waals surface area contributed by atoms with Crippen LogP contribution in [-0.4, -0.2) is 47.1 Å². The number of ether oxygens (including phenoxy) is 1. The van der Waals surface area contributed by atoms with E-state index in [1.165, 1.54) is 0 Å². The van der Waals surface area contributed by atoms with Crippen LogP contribution in [0.4, 0.5) is 5.69 Å². The van der Waals surface area contributed by atoms with E-state index in [0.717, 1.165) is 0 Å². The van der Waals surface area contributed by atoms with Crippen LogP contribution in [-0.2, 0) is 4.79 Å². The van der Waals surface area contributed by atoms with Crippen molar-refractivity contribution < 1.29 is 19.4 Å². The highest BCUT2D eigenvalue weighted by Crippen LogP contribution is 2.32. The number of hydrogen-bond donors (Lipinski definition) is 2. The third-order valence-corrected chi connectivity index (χ3v) is 4.15. The molecule has 6 nitrogen and oxygen atoms in total. The maximum absolute atomic E-state index is 12.4. The predicted molar refractivity (Wildman–Crippen MR) is 76.3 cm³/mol. The third kappa shape index (κ3) is 2.35. The zero-order valence-electron chi connectivity index (χ0n) is 12.0. The van der Waals surface area contributed by atoms with Gasteiger partial charge in [0.25, 0.3) is 11.8 Å². The average Bonchev–Trinajstić information content (AvgIpc) is 2.42. The summed E-state index contributed by atoms with van der Waals surface area (Å²) in [4.78, 5) is 25.2. The first-order chi connectivity index (χ1) is 9.89. The third-order valence-electron chi connectivity index (χ3n) is 4.15. The van der Waals surface area contributed by atoms with Gasteiger partial charge in [-0.15, -0.1) is 0 Å². The molecular formula is C15H18N2O4. The van der Waals surface area contributed by atoms with Crippen molar-refractivity contribution in [2.24, 2.45) is 5.92 Å². The fourth-order valence-electron chi connectivity index (χ4n) is 2.51. The number of nitrogens with zero attached hydrogens (tertiary/aromatic N) is 1. The first-order valence-corrected chi connectivity index (χ1v) is 6.97. The predicted octanol–water partition coefficient (Wildman–Crippen LogP) is 0.860. The summed E-state index contributed by atoms with van der Waals surface area (Å²) < 4.78 is 5.30. The largest absolute Gasteiger partial charge is 0.482 e. The number of carbonyl (C=O) groups excluding carboxylic acids is 2. The molecule has 1 aromatic rings. The van der Waals surface area contributed by atoms with Crippen LogP contribution in [0.3, 0.4) is 0 Å². The molecule has 0 unspecified atom stereocenters. The lowest BCUT2D eigenvalue weighted by molar-refractivity contribution is -0.118. The summed E-state index contributed by atoms with van der Waals surface area (Å²) in [5, 5.41) is 12.9. The number of amides is 2. The Bertz CT molecular complexity index is 606. The van der Waals surface area contributed by atoms with Crippen LogP contribution in [0.2, 0.25) is 0 Å². The lowest BCUT2D eigenvalue weighted by Crippen LogP contribution is -2.65. The average molecular weight is 290 g/mol. The van der Waals surface area contributed by atoms with E-state index in [2.05, 4.69) is 5.32 Å². The van der Waals surface area contributed by atoms with Gasteiger partial charge in [0.05, 0.1) is 18.8 Å². The van der Waals surface area contributed by atoms with Crippen molar-refractivity contribution in [1.29, 1.82) is 0 Å². The number of hydrogen-bond acceptors (Lipinski definition) is 4. The van der Waals surface area contributed by atoms with Gasteiger partial charge in [0.1, 0.15) is 11.4 Å². The molecule has 3 rings (SSSR count). The molecule has 0 bridgehead atoms. The minimum absolute atomic E-state index is 0.0402. The van der Waals surface area contributed by atoms with E-state index in [1.807, 2.05) is 13.8 Å². The molecular weight excluding hydrogens is 272 g/mol. The molecule has 2 N–H and O–H groups in total. The first kappa shape index (κ1) is 13.9. The van der Waals surface area contributed by atoms with Gasteiger partial charge in [-0.2, -0.15) is 0 Å². The van der Waals surface area contributed by atoms with E-state index in [4.69, 9.17) is 4.74 Å². The van der Waals surface area contributed by atoms with Crippen molar-refractivity contribution in [2.45, 2.75) is 19.4 Å². The van der Waals surface area contributed by atoms with E-state index in [-0.39, 0.29) is 24.3 Å². The Morgan fingerprint density at radius 3 is 2.81 bits per heavy atom. The number of nitrogens with one attached hydrogen (secondary N) is 1. The number of carbonyl (C=O) groups is 2. The van der Waals surface area contributed by atoms with Crippen molar-refractivity contribution in [1.82, 2.24) is 4.90 Å². The fourth-order valence-corrected chi connectivity index (χ4v) is 2.51. The molecule has 0 spiro atoms. The van der Waals surface area contributed by atoms with E-state index in [9.17, 15) is 14.7 Å². The number of aliphatic hydroxyl groups is 1. The number of rotatable bonds is 2. The summed E-state index contributed by atoms with van der Waals surface area (Å²) in [5.74, 6) is 0.277. The maximum Gasteiger partial charge on any atom is 0.262 e. The molecule has 0 atom stereocenters. The van der Waals surface area contributed by atoms with Gasteiger partial charge in [-0.1, -0.05) is 13.8 Å². The van der Waals surface area contributed by atoms with Crippen LogP contribution in [0.25, 0.3) is 0 Å². The highest BCUT2D eigenvalue weighted by molar-refractivity contribution is 5.99. The van der Waals surface area contributed by atoms with E-state index < -0.39 is 5.60 Å². The molecule has 0 saturated carbocycles. The van der Waals surface area contributed by atoms with E-state index in [0.29, 0.717) is 30.1 Å². The van der Waals surface area contributed by atoms with Crippen LogP contribution in [0.1, 0.15) is 24.2 Å². The Labute approximate surface area is 122 Å². The summed E-state index contributed by atoms with van der Waals surface area (Å²) in [6.45, 7) is 4.53. The summed E-state index contributed by atoms with van der Waals surface area (Å²) in [6, 6.07) is 4.95. The second kappa shape index (κ2) is 4.73. The Kier molecular flexibility index (Phi) is 3.13. The van der Waals surface area contributed by atoms with Crippen molar-refractivity contribution in [3.05, 3.63) is 23.8 Å². The highest BCUT2D eigenvalue weighted by Gasteiger charge is 2.46. The Hall–Kier alpha value is -2.08. The normalized spacial score (nSPS) is 19.4. The summed E-state index contributed by atoms with van der Waals surface area (Å²) in [6.07, 6.45) is 0. The van der Waals surface area contributed by atoms with Crippen LogP contribution >= 0.6 is 0 Å². The standard InChI is InChI=1S/C15H18N2O4/c1-9(2)15(20)7-17(8-15)14(19)10-3-4-11-12(5-10)21-6-13(18)16-11/h3-5,9,20H,6-8H2,1-2H3,(H,16,18). The number of fused-ring (bicyclic) bond motifs is 1. The second-order valence-corrected chi connectivity index (χ2v) is 5.97. The van der Waals surface area contributed by atoms with Crippen molar-refractivity contribution in [3.8, 4) is 5.75 Å². The Morgan fingerprint density at radius 2 is 2.14 bits per heavy atom. The number of likely N-dealkylation sites (tertiary alicyclic amines) is 1. The van der Waals surface area contributed by atoms with Crippen molar-refractivity contribution in [3.63, 3.8) is 0 Å².